The van der Waals surface area contributed by atoms with Crippen molar-refractivity contribution in [3.8, 4) is 0 Å². The zero-order valence-electron chi connectivity index (χ0n) is 11.3. The predicted molar refractivity (Wildman–Crippen MR) is 77.2 cm³/mol. The molecule has 0 bridgehead atoms. The quantitative estimate of drug-likeness (QED) is 0.791. The second kappa shape index (κ2) is 6.21. The molecule has 7 heteroatoms. The van der Waals surface area contributed by atoms with E-state index in [1.807, 2.05) is 12.1 Å². The Kier molecular flexibility index (Phi) is 4.56. The predicted octanol–water partition coefficient (Wildman–Crippen LogP) is 0.652. The van der Waals surface area contributed by atoms with Crippen molar-refractivity contribution in [2.24, 2.45) is 0 Å². The molecule has 0 saturated heterocycles. The van der Waals surface area contributed by atoms with E-state index in [1.165, 1.54) is 12.1 Å². The highest BCUT2D eigenvalue weighted by Crippen LogP contribution is 2.19. The van der Waals surface area contributed by atoms with Crippen LogP contribution in [-0.4, -0.2) is 39.3 Å². The first kappa shape index (κ1) is 15.4. The first-order chi connectivity index (χ1) is 9.97. The molecule has 2 aromatic carbocycles. The summed E-state index contributed by atoms with van der Waals surface area (Å²) in [6, 6.07) is 10.6. The molecule has 6 nitrogen and oxygen atoms in total. The summed E-state index contributed by atoms with van der Waals surface area (Å²) in [6.45, 7) is -0.681. The zero-order valence-corrected chi connectivity index (χ0v) is 12.1. The van der Waals surface area contributed by atoms with Gasteiger partial charge in [0, 0.05) is 0 Å². The van der Waals surface area contributed by atoms with E-state index < -0.39 is 28.6 Å². The Labute approximate surface area is 122 Å². The van der Waals surface area contributed by atoms with Gasteiger partial charge in [0.15, 0.2) is 0 Å². The molecule has 0 aliphatic rings. The highest BCUT2D eigenvalue weighted by molar-refractivity contribution is 7.89. The Morgan fingerprint density at radius 2 is 1.90 bits per heavy atom. The maximum absolute atomic E-state index is 12.2. The van der Waals surface area contributed by atoms with Gasteiger partial charge in [-0.15, -0.1) is 0 Å². The fourth-order valence-corrected chi connectivity index (χ4v) is 3.10. The third-order valence-electron chi connectivity index (χ3n) is 3.00. The van der Waals surface area contributed by atoms with Gasteiger partial charge >= 0.3 is 5.97 Å². The Morgan fingerprint density at radius 1 is 1.24 bits per heavy atom. The van der Waals surface area contributed by atoms with Gasteiger partial charge in [-0.1, -0.05) is 30.3 Å². The van der Waals surface area contributed by atoms with E-state index in [1.54, 1.807) is 18.2 Å². The molecule has 0 aliphatic heterocycles. The SMILES string of the molecule is COC(=O)C(CO)NS(=O)(=O)c1ccc2ccccc2c1. The van der Waals surface area contributed by atoms with Crippen LogP contribution in [0.5, 0.6) is 0 Å². The molecule has 0 spiro atoms. The molecule has 1 unspecified atom stereocenters. The number of hydrogen-bond acceptors (Lipinski definition) is 5. The van der Waals surface area contributed by atoms with Gasteiger partial charge < -0.3 is 9.84 Å². The molecule has 0 fully saturated rings. The van der Waals surface area contributed by atoms with Crippen molar-refractivity contribution >= 4 is 26.8 Å². The number of nitrogens with one attached hydrogen (secondary N) is 1. The van der Waals surface area contributed by atoms with Crippen molar-refractivity contribution < 1.29 is 23.1 Å². The minimum atomic E-state index is -3.93. The van der Waals surface area contributed by atoms with E-state index in [9.17, 15) is 13.2 Å². The van der Waals surface area contributed by atoms with Crippen LogP contribution in [-0.2, 0) is 19.6 Å². The van der Waals surface area contributed by atoms with Gasteiger partial charge in [-0.05, 0) is 22.9 Å². The van der Waals surface area contributed by atoms with Crippen molar-refractivity contribution in [3.05, 3.63) is 42.5 Å². The molecule has 0 aromatic heterocycles. The summed E-state index contributed by atoms with van der Waals surface area (Å²) in [7, 11) is -2.81. The van der Waals surface area contributed by atoms with Crippen molar-refractivity contribution in [1.29, 1.82) is 0 Å². The number of benzene rings is 2. The number of aliphatic hydroxyl groups is 1. The molecular weight excluding hydrogens is 294 g/mol. The van der Waals surface area contributed by atoms with Crippen LogP contribution in [0.4, 0.5) is 0 Å². The van der Waals surface area contributed by atoms with E-state index >= 15 is 0 Å². The summed E-state index contributed by atoms with van der Waals surface area (Å²) in [6.07, 6.45) is 0. The van der Waals surface area contributed by atoms with Crippen molar-refractivity contribution in [2.75, 3.05) is 13.7 Å². The number of methoxy groups -OCH3 is 1. The first-order valence-corrected chi connectivity index (χ1v) is 7.66. The molecule has 0 aliphatic carbocycles. The fourth-order valence-electron chi connectivity index (χ4n) is 1.89. The monoisotopic (exact) mass is 309 g/mol. The molecule has 112 valence electrons. The van der Waals surface area contributed by atoms with Crippen LogP contribution in [0.3, 0.4) is 0 Å². The Balaban J connectivity index is 2.35. The van der Waals surface area contributed by atoms with Crippen LogP contribution in [0.2, 0.25) is 0 Å². The Bertz CT molecular complexity index is 757. The second-order valence-corrected chi connectivity index (χ2v) is 6.10. The molecule has 2 aromatic rings. The van der Waals surface area contributed by atoms with Gasteiger partial charge in [-0.2, -0.15) is 4.72 Å². The fraction of sp³-hybridized carbons (Fsp3) is 0.214. The number of sulfonamides is 1. The smallest absolute Gasteiger partial charge is 0.326 e. The average Bonchev–Trinajstić information content (AvgIpc) is 2.51. The lowest BCUT2D eigenvalue weighted by Crippen LogP contribution is -2.43. The molecule has 2 N–H and O–H groups in total. The van der Waals surface area contributed by atoms with E-state index in [4.69, 9.17) is 5.11 Å². The Hall–Kier alpha value is -1.96. The lowest BCUT2D eigenvalue weighted by molar-refractivity contribution is -0.143. The molecular formula is C14H15NO5S. The van der Waals surface area contributed by atoms with Gasteiger partial charge in [0.25, 0.3) is 0 Å². The number of esters is 1. The first-order valence-electron chi connectivity index (χ1n) is 6.18. The van der Waals surface area contributed by atoms with Gasteiger partial charge in [0.05, 0.1) is 18.6 Å². The topological polar surface area (TPSA) is 92.7 Å². The number of carbonyl (C=O) groups is 1. The maximum Gasteiger partial charge on any atom is 0.326 e. The molecule has 0 amide bonds. The van der Waals surface area contributed by atoms with Crippen molar-refractivity contribution in [3.63, 3.8) is 0 Å². The summed E-state index contributed by atoms with van der Waals surface area (Å²) >= 11 is 0. The van der Waals surface area contributed by atoms with E-state index in [2.05, 4.69) is 9.46 Å². The molecule has 1 atom stereocenters. The van der Waals surface area contributed by atoms with E-state index in [-0.39, 0.29) is 4.90 Å². The zero-order chi connectivity index (χ0) is 15.5. The summed E-state index contributed by atoms with van der Waals surface area (Å²) in [5, 5.41) is 10.8. The summed E-state index contributed by atoms with van der Waals surface area (Å²) in [5.41, 5.74) is 0. The van der Waals surface area contributed by atoms with Crippen LogP contribution in [0, 0.1) is 0 Å². The number of carbonyl (C=O) groups excluding carboxylic acids is 1. The lowest BCUT2D eigenvalue weighted by atomic mass is 10.1. The molecule has 0 heterocycles. The van der Waals surface area contributed by atoms with Gasteiger partial charge in [0.1, 0.15) is 6.04 Å². The lowest BCUT2D eigenvalue weighted by Gasteiger charge is -2.14. The largest absolute Gasteiger partial charge is 0.468 e. The molecule has 21 heavy (non-hydrogen) atoms. The third kappa shape index (κ3) is 3.38. The minimum Gasteiger partial charge on any atom is -0.468 e. The molecule has 0 radical (unpaired) electrons. The van der Waals surface area contributed by atoms with Gasteiger partial charge in [-0.3, -0.25) is 4.79 Å². The number of aliphatic hydroxyl groups excluding tert-OH is 1. The van der Waals surface area contributed by atoms with E-state index in [0.29, 0.717) is 0 Å². The number of fused-ring (bicyclic) bond motifs is 1. The van der Waals surface area contributed by atoms with E-state index in [0.717, 1.165) is 17.9 Å². The van der Waals surface area contributed by atoms with Gasteiger partial charge in [0.2, 0.25) is 10.0 Å². The standard InChI is InChI=1S/C14H15NO5S/c1-20-14(17)13(9-16)15-21(18,19)12-7-6-10-4-2-3-5-11(10)8-12/h2-8,13,15-16H,9H2,1H3. The Morgan fingerprint density at radius 3 is 2.52 bits per heavy atom. The molecule has 2 rings (SSSR count). The summed E-state index contributed by atoms with van der Waals surface area (Å²) in [4.78, 5) is 11.4. The summed E-state index contributed by atoms with van der Waals surface area (Å²) < 4.78 is 31.0. The molecule has 0 saturated carbocycles. The average molecular weight is 309 g/mol. The normalized spacial score (nSPS) is 13.0. The second-order valence-electron chi connectivity index (χ2n) is 4.39. The minimum absolute atomic E-state index is 0.0172. The summed E-state index contributed by atoms with van der Waals surface area (Å²) in [5.74, 6) is -0.845. The van der Waals surface area contributed by atoms with Crippen LogP contribution in [0.25, 0.3) is 10.8 Å². The number of rotatable bonds is 5. The van der Waals surface area contributed by atoms with Gasteiger partial charge in [-0.25, -0.2) is 8.42 Å². The maximum atomic E-state index is 12.2. The van der Waals surface area contributed by atoms with Crippen LogP contribution < -0.4 is 4.72 Å². The third-order valence-corrected chi connectivity index (χ3v) is 4.47. The van der Waals surface area contributed by atoms with Crippen LogP contribution in [0.1, 0.15) is 0 Å². The van der Waals surface area contributed by atoms with Crippen LogP contribution >= 0.6 is 0 Å². The number of ether oxygens (including phenoxy) is 1. The van der Waals surface area contributed by atoms with Crippen LogP contribution in [0.15, 0.2) is 47.4 Å². The highest BCUT2D eigenvalue weighted by Gasteiger charge is 2.25. The van der Waals surface area contributed by atoms with Crippen molar-refractivity contribution in [2.45, 2.75) is 10.9 Å². The highest BCUT2D eigenvalue weighted by atomic mass is 32.2. The van der Waals surface area contributed by atoms with Crippen molar-refractivity contribution in [1.82, 2.24) is 4.72 Å². The number of hydrogen-bond donors (Lipinski definition) is 2.